The maximum Gasteiger partial charge on any atom is 0.262 e. The lowest BCUT2D eigenvalue weighted by Gasteiger charge is -2.12. The Morgan fingerprint density at radius 2 is 1.83 bits per heavy atom. The van der Waals surface area contributed by atoms with Gasteiger partial charge >= 0.3 is 0 Å². The molecule has 2 rings (SSSR count). The van der Waals surface area contributed by atoms with Gasteiger partial charge in [-0.25, -0.2) is 0 Å². The minimum Gasteiger partial charge on any atom is -0.489 e. The predicted octanol–water partition coefficient (Wildman–Crippen LogP) is 4.28. The number of ether oxygens (including phenoxy) is 2. The third-order valence-electron chi connectivity index (χ3n) is 3.52. The van der Waals surface area contributed by atoms with Gasteiger partial charge in [-0.2, -0.15) is 0 Å². The third-order valence-corrected chi connectivity index (χ3v) is 3.52. The summed E-state index contributed by atoms with van der Waals surface area (Å²) in [6.07, 6.45) is 0. The molecular weight excluding hydrogens is 302 g/mol. The van der Waals surface area contributed by atoms with E-state index in [1.165, 1.54) is 0 Å². The number of benzene rings is 2. The normalized spacial score (nSPS) is 10.1. The van der Waals surface area contributed by atoms with Gasteiger partial charge < -0.3 is 14.8 Å². The van der Waals surface area contributed by atoms with E-state index in [2.05, 4.69) is 11.9 Å². The van der Waals surface area contributed by atoms with Gasteiger partial charge in [-0.1, -0.05) is 24.8 Å². The van der Waals surface area contributed by atoms with E-state index in [1.807, 2.05) is 57.2 Å². The number of hydrogen-bond donors (Lipinski definition) is 1. The average molecular weight is 325 g/mol. The molecule has 24 heavy (non-hydrogen) atoms. The summed E-state index contributed by atoms with van der Waals surface area (Å²) in [5.74, 6) is 1.20. The van der Waals surface area contributed by atoms with Crippen LogP contribution < -0.4 is 14.8 Å². The van der Waals surface area contributed by atoms with Gasteiger partial charge in [0, 0.05) is 11.8 Å². The minimum atomic E-state index is -0.215. The van der Waals surface area contributed by atoms with Crippen molar-refractivity contribution in [3.05, 3.63) is 65.7 Å². The van der Waals surface area contributed by atoms with E-state index in [9.17, 15) is 4.79 Å². The highest BCUT2D eigenvalue weighted by Crippen LogP contribution is 2.21. The van der Waals surface area contributed by atoms with Crippen LogP contribution in [0.4, 0.5) is 5.69 Å². The lowest BCUT2D eigenvalue weighted by Crippen LogP contribution is -2.20. The summed E-state index contributed by atoms with van der Waals surface area (Å²) in [5.41, 5.74) is 3.78. The molecule has 2 aromatic carbocycles. The summed E-state index contributed by atoms with van der Waals surface area (Å²) in [7, 11) is 0. The van der Waals surface area contributed by atoms with Crippen LogP contribution in [0.2, 0.25) is 0 Å². The molecule has 0 atom stereocenters. The lowest BCUT2D eigenvalue weighted by atomic mass is 10.1. The number of amides is 1. The number of hydrogen-bond acceptors (Lipinski definition) is 3. The molecule has 0 aliphatic heterocycles. The molecule has 0 bridgehead atoms. The number of anilines is 1. The molecular formula is C20H23NO3. The zero-order chi connectivity index (χ0) is 17.5. The first kappa shape index (κ1) is 17.6. The van der Waals surface area contributed by atoms with Crippen LogP contribution in [-0.2, 0) is 4.79 Å². The van der Waals surface area contributed by atoms with Gasteiger partial charge in [-0.3, -0.25) is 4.79 Å². The Kier molecular flexibility index (Phi) is 6.01. The average Bonchev–Trinajstić information content (AvgIpc) is 2.55. The van der Waals surface area contributed by atoms with E-state index in [1.54, 1.807) is 6.07 Å². The highest BCUT2D eigenvalue weighted by Gasteiger charge is 2.07. The molecule has 4 nitrogen and oxygen atoms in total. The molecule has 0 saturated carbocycles. The van der Waals surface area contributed by atoms with Crippen molar-refractivity contribution >= 4 is 11.6 Å². The zero-order valence-electron chi connectivity index (χ0n) is 14.4. The summed E-state index contributed by atoms with van der Waals surface area (Å²) in [6.45, 7) is 10.1. The van der Waals surface area contributed by atoms with Crippen molar-refractivity contribution in [2.45, 2.75) is 20.8 Å². The second-order valence-electron chi connectivity index (χ2n) is 5.81. The first-order valence-electron chi connectivity index (χ1n) is 7.82. The minimum absolute atomic E-state index is 0.0405. The largest absolute Gasteiger partial charge is 0.489 e. The molecule has 0 radical (unpaired) electrons. The maximum atomic E-state index is 12.1. The zero-order valence-corrected chi connectivity index (χ0v) is 14.4. The summed E-state index contributed by atoms with van der Waals surface area (Å²) >= 11 is 0. The van der Waals surface area contributed by atoms with E-state index in [-0.39, 0.29) is 12.5 Å². The van der Waals surface area contributed by atoms with Crippen molar-refractivity contribution in [1.82, 2.24) is 0 Å². The van der Waals surface area contributed by atoms with Crippen molar-refractivity contribution in [1.29, 1.82) is 0 Å². The van der Waals surface area contributed by atoms with Crippen LogP contribution in [0.5, 0.6) is 11.5 Å². The monoisotopic (exact) mass is 325 g/mol. The molecule has 2 aromatic rings. The van der Waals surface area contributed by atoms with E-state index >= 15 is 0 Å². The molecule has 0 aliphatic rings. The highest BCUT2D eigenvalue weighted by atomic mass is 16.5. The molecule has 4 heteroatoms. The Labute approximate surface area is 143 Å². The fourth-order valence-corrected chi connectivity index (χ4v) is 2.09. The van der Waals surface area contributed by atoms with Crippen LogP contribution in [0, 0.1) is 13.8 Å². The molecule has 0 fully saturated rings. The van der Waals surface area contributed by atoms with Crippen molar-refractivity contribution in [2.24, 2.45) is 0 Å². The highest BCUT2D eigenvalue weighted by molar-refractivity contribution is 5.92. The molecule has 1 N–H and O–H groups in total. The van der Waals surface area contributed by atoms with E-state index in [4.69, 9.17) is 9.47 Å². The van der Waals surface area contributed by atoms with Crippen LogP contribution in [0.3, 0.4) is 0 Å². The van der Waals surface area contributed by atoms with Crippen LogP contribution in [-0.4, -0.2) is 19.1 Å². The number of carbonyl (C=O) groups excluding carboxylic acids is 1. The summed E-state index contributed by atoms with van der Waals surface area (Å²) in [4.78, 5) is 12.1. The number of rotatable bonds is 7. The first-order chi connectivity index (χ1) is 11.5. The molecule has 0 aromatic heterocycles. The summed E-state index contributed by atoms with van der Waals surface area (Å²) < 4.78 is 11.2. The SMILES string of the molecule is C=C(C)COc1cccc(NC(=O)COc2cccc(C)c2C)c1. The third kappa shape index (κ3) is 5.16. The number of carbonyl (C=O) groups is 1. The van der Waals surface area contributed by atoms with E-state index in [0.717, 1.165) is 22.4 Å². The summed E-state index contributed by atoms with van der Waals surface area (Å²) in [6, 6.07) is 13.0. The van der Waals surface area contributed by atoms with E-state index in [0.29, 0.717) is 18.0 Å². The first-order valence-corrected chi connectivity index (χ1v) is 7.82. The van der Waals surface area contributed by atoms with Gasteiger partial charge in [-0.05, 0) is 55.7 Å². The van der Waals surface area contributed by atoms with Crippen molar-refractivity contribution in [3.8, 4) is 11.5 Å². The van der Waals surface area contributed by atoms with Gasteiger partial charge in [0.25, 0.3) is 5.91 Å². The second-order valence-corrected chi connectivity index (χ2v) is 5.81. The van der Waals surface area contributed by atoms with Gasteiger partial charge in [0.05, 0.1) is 0 Å². The molecule has 1 amide bonds. The number of aryl methyl sites for hydroxylation is 1. The van der Waals surface area contributed by atoms with Crippen LogP contribution in [0.15, 0.2) is 54.6 Å². The molecule has 0 heterocycles. The predicted molar refractivity (Wildman–Crippen MR) is 96.8 cm³/mol. The van der Waals surface area contributed by atoms with Crippen LogP contribution >= 0.6 is 0 Å². The lowest BCUT2D eigenvalue weighted by molar-refractivity contribution is -0.118. The Balaban J connectivity index is 1.91. The smallest absolute Gasteiger partial charge is 0.262 e. The van der Waals surface area contributed by atoms with Gasteiger partial charge in [0.15, 0.2) is 6.61 Å². The second kappa shape index (κ2) is 8.20. The quantitative estimate of drug-likeness (QED) is 0.773. The Bertz CT molecular complexity index is 737. The maximum absolute atomic E-state index is 12.1. The fraction of sp³-hybridized carbons (Fsp3) is 0.250. The standard InChI is InChI=1S/C20H23NO3/c1-14(2)12-23-18-9-6-8-17(11-18)21-20(22)13-24-19-10-5-7-15(3)16(19)4/h5-11H,1,12-13H2,2-4H3,(H,21,22). The van der Waals surface area contributed by atoms with Crippen molar-refractivity contribution < 1.29 is 14.3 Å². The number of nitrogens with one attached hydrogen (secondary N) is 1. The van der Waals surface area contributed by atoms with Gasteiger partial charge in [0.2, 0.25) is 0 Å². The molecule has 0 saturated heterocycles. The topological polar surface area (TPSA) is 47.6 Å². The molecule has 0 aliphatic carbocycles. The van der Waals surface area contributed by atoms with Crippen LogP contribution in [0.1, 0.15) is 18.1 Å². The van der Waals surface area contributed by atoms with Crippen molar-refractivity contribution in [2.75, 3.05) is 18.5 Å². The Morgan fingerprint density at radius 1 is 1.08 bits per heavy atom. The molecule has 0 unspecified atom stereocenters. The van der Waals surface area contributed by atoms with Gasteiger partial charge in [-0.15, -0.1) is 0 Å². The van der Waals surface area contributed by atoms with Crippen LogP contribution in [0.25, 0.3) is 0 Å². The molecule has 126 valence electrons. The Morgan fingerprint density at radius 3 is 2.58 bits per heavy atom. The van der Waals surface area contributed by atoms with E-state index < -0.39 is 0 Å². The van der Waals surface area contributed by atoms with Crippen molar-refractivity contribution in [3.63, 3.8) is 0 Å². The fourth-order valence-electron chi connectivity index (χ4n) is 2.09. The van der Waals surface area contributed by atoms with Gasteiger partial charge in [0.1, 0.15) is 18.1 Å². The summed E-state index contributed by atoms with van der Waals surface area (Å²) in [5, 5.41) is 2.81. The Hall–Kier alpha value is -2.75. The molecule has 0 spiro atoms.